The van der Waals surface area contributed by atoms with E-state index in [4.69, 9.17) is 10.4 Å². The summed E-state index contributed by atoms with van der Waals surface area (Å²) >= 11 is 1.17. The number of para-hydroxylation sites is 1. The van der Waals surface area contributed by atoms with Gasteiger partial charge in [-0.2, -0.15) is 5.26 Å². The second-order valence-electron chi connectivity index (χ2n) is 3.05. The Hall–Kier alpha value is -2.00. The summed E-state index contributed by atoms with van der Waals surface area (Å²) < 4.78 is 0. The molecule has 0 aromatic heterocycles. The van der Waals surface area contributed by atoms with Gasteiger partial charge in [0.1, 0.15) is 0 Å². The maximum atomic E-state index is 11.4. The van der Waals surface area contributed by atoms with E-state index in [2.05, 4.69) is 5.32 Å². The fraction of sp³-hybridized carbons (Fsp3) is 0.182. The molecule has 0 saturated heterocycles. The average Bonchev–Trinajstić information content (AvgIpc) is 2.29. The Labute approximate surface area is 102 Å². The maximum Gasteiger partial charge on any atom is 0.337 e. The van der Waals surface area contributed by atoms with Crippen LogP contribution in [-0.2, 0) is 4.79 Å². The van der Waals surface area contributed by atoms with Gasteiger partial charge in [0.2, 0.25) is 5.91 Å². The molecule has 88 valence electrons. The molecule has 1 rings (SSSR count). The van der Waals surface area contributed by atoms with Crippen LogP contribution >= 0.6 is 11.8 Å². The van der Waals surface area contributed by atoms with Crippen molar-refractivity contribution in [3.8, 4) is 6.07 Å². The SMILES string of the molecule is N#CCSCC(=O)Nc1ccccc1C(=O)O. The highest BCUT2D eigenvalue weighted by Crippen LogP contribution is 2.15. The molecule has 0 aliphatic carbocycles. The minimum atomic E-state index is -1.09. The molecular weight excluding hydrogens is 240 g/mol. The fourth-order valence-corrected chi connectivity index (χ4v) is 1.61. The van der Waals surface area contributed by atoms with Crippen molar-refractivity contribution in [3.05, 3.63) is 29.8 Å². The number of anilines is 1. The number of carbonyl (C=O) groups is 2. The molecule has 6 heteroatoms. The Morgan fingerprint density at radius 3 is 2.76 bits per heavy atom. The molecule has 1 aromatic rings. The number of aromatic carboxylic acids is 1. The number of thioether (sulfide) groups is 1. The van der Waals surface area contributed by atoms with Crippen LogP contribution < -0.4 is 5.32 Å². The van der Waals surface area contributed by atoms with E-state index in [9.17, 15) is 9.59 Å². The number of amides is 1. The first-order valence-corrected chi connectivity index (χ1v) is 5.87. The normalized spacial score (nSPS) is 9.35. The first-order valence-electron chi connectivity index (χ1n) is 4.72. The van der Waals surface area contributed by atoms with Crippen LogP contribution in [0.25, 0.3) is 0 Å². The lowest BCUT2D eigenvalue weighted by Gasteiger charge is -2.07. The van der Waals surface area contributed by atoms with Gasteiger partial charge in [-0.05, 0) is 12.1 Å². The van der Waals surface area contributed by atoms with Crippen molar-refractivity contribution in [1.29, 1.82) is 5.26 Å². The number of rotatable bonds is 5. The minimum Gasteiger partial charge on any atom is -0.478 e. The highest BCUT2D eigenvalue weighted by molar-refractivity contribution is 8.00. The third-order valence-corrected chi connectivity index (χ3v) is 2.63. The van der Waals surface area contributed by atoms with Crippen molar-refractivity contribution >= 4 is 29.3 Å². The molecule has 0 bridgehead atoms. The highest BCUT2D eigenvalue weighted by atomic mass is 32.2. The van der Waals surface area contributed by atoms with Gasteiger partial charge in [-0.15, -0.1) is 11.8 Å². The van der Waals surface area contributed by atoms with E-state index in [1.54, 1.807) is 12.1 Å². The highest BCUT2D eigenvalue weighted by Gasteiger charge is 2.11. The Balaban J connectivity index is 2.65. The van der Waals surface area contributed by atoms with E-state index in [0.717, 1.165) is 0 Å². The van der Waals surface area contributed by atoms with Gasteiger partial charge in [-0.1, -0.05) is 12.1 Å². The van der Waals surface area contributed by atoms with Crippen LogP contribution in [0.3, 0.4) is 0 Å². The summed E-state index contributed by atoms with van der Waals surface area (Å²) in [6, 6.07) is 8.08. The van der Waals surface area contributed by atoms with Crippen molar-refractivity contribution in [2.75, 3.05) is 16.8 Å². The molecule has 0 fully saturated rings. The summed E-state index contributed by atoms with van der Waals surface area (Å²) in [5.74, 6) is -1.06. The molecule has 1 aromatic carbocycles. The summed E-state index contributed by atoms with van der Waals surface area (Å²) in [5, 5.41) is 19.7. The van der Waals surface area contributed by atoms with Gasteiger partial charge < -0.3 is 10.4 Å². The number of nitrogens with zero attached hydrogens (tertiary/aromatic N) is 1. The summed E-state index contributed by atoms with van der Waals surface area (Å²) in [5.41, 5.74) is 0.314. The second-order valence-corrected chi connectivity index (χ2v) is 4.04. The topological polar surface area (TPSA) is 90.2 Å². The first kappa shape index (κ1) is 13.1. The van der Waals surface area contributed by atoms with Gasteiger partial charge in [0.25, 0.3) is 0 Å². The van der Waals surface area contributed by atoms with Crippen LogP contribution in [0.4, 0.5) is 5.69 Å². The van der Waals surface area contributed by atoms with Crippen LogP contribution in [0.2, 0.25) is 0 Å². The fourth-order valence-electron chi connectivity index (χ4n) is 1.15. The summed E-state index contributed by atoms with van der Waals surface area (Å²) in [6.07, 6.45) is 0. The average molecular weight is 250 g/mol. The smallest absolute Gasteiger partial charge is 0.337 e. The molecule has 0 aliphatic heterocycles. The van der Waals surface area contributed by atoms with E-state index in [0.29, 0.717) is 0 Å². The summed E-state index contributed by atoms with van der Waals surface area (Å²) in [6.45, 7) is 0. The van der Waals surface area contributed by atoms with Crippen molar-refractivity contribution in [3.63, 3.8) is 0 Å². The lowest BCUT2D eigenvalue weighted by molar-refractivity contribution is -0.113. The van der Waals surface area contributed by atoms with Crippen LogP contribution in [0.15, 0.2) is 24.3 Å². The molecule has 0 unspecified atom stereocenters. The third-order valence-electron chi connectivity index (χ3n) is 1.83. The van der Waals surface area contributed by atoms with Crippen LogP contribution in [-0.4, -0.2) is 28.5 Å². The molecule has 1 amide bonds. The molecule has 5 nitrogen and oxygen atoms in total. The number of nitrogens with one attached hydrogen (secondary N) is 1. The Morgan fingerprint density at radius 2 is 2.12 bits per heavy atom. The van der Waals surface area contributed by atoms with Gasteiger partial charge >= 0.3 is 5.97 Å². The van der Waals surface area contributed by atoms with Crippen LogP contribution in [0.5, 0.6) is 0 Å². The molecular formula is C11H10N2O3S. The van der Waals surface area contributed by atoms with Crippen molar-refractivity contribution in [2.24, 2.45) is 0 Å². The Kier molecular flexibility index (Phi) is 5.04. The maximum absolute atomic E-state index is 11.4. The van der Waals surface area contributed by atoms with Gasteiger partial charge in [0.05, 0.1) is 28.8 Å². The largest absolute Gasteiger partial charge is 0.478 e. The summed E-state index contributed by atoms with van der Waals surface area (Å²) in [4.78, 5) is 22.3. The predicted octanol–water partition coefficient (Wildman–Crippen LogP) is 1.58. The van der Waals surface area contributed by atoms with E-state index in [1.165, 1.54) is 23.9 Å². The molecule has 2 N–H and O–H groups in total. The minimum absolute atomic E-state index is 0.0473. The predicted molar refractivity (Wildman–Crippen MR) is 65.0 cm³/mol. The Bertz CT molecular complexity index is 468. The number of benzene rings is 1. The zero-order valence-electron chi connectivity index (χ0n) is 8.84. The molecule has 0 atom stereocenters. The van der Waals surface area contributed by atoms with Crippen LogP contribution in [0.1, 0.15) is 10.4 Å². The quantitative estimate of drug-likeness (QED) is 0.774. The number of carbonyl (C=O) groups excluding carboxylic acids is 1. The number of carboxylic acid groups (broad SMARTS) is 1. The molecule has 0 aliphatic rings. The number of carboxylic acids is 1. The van der Waals surface area contributed by atoms with Gasteiger partial charge in [-0.3, -0.25) is 4.79 Å². The Morgan fingerprint density at radius 1 is 1.41 bits per heavy atom. The van der Waals surface area contributed by atoms with Crippen molar-refractivity contribution in [2.45, 2.75) is 0 Å². The molecule has 0 saturated carbocycles. The van der Waals surface area contributed by atoms with E-state index >= 15 is 0 Å². The van der Waals surface area contributed by atoms with E-state index in [-0.39, 0.29) is 28.7 Å². The van der Waals surface area contributed by atoms with Crippen molar-refractivity contribution in [1.82, 2.24) is 0 Å². The molecule has 0 spiro atoms. The van der Waals surface area contributed by atoms with Crippen LogP contribution in [0, 0.1) is 11.3 Å². The first-order chi connectivity index (χ1) is 8.15. The lowest BCUT2D eigenvalue weighted by atomic mass is 10.2. The van der Waals surface area contributed by atoms with Gasteiger partial charge in [-0.25, -0.2) is 4.79 Å². The zero-order chi connectivity index (χ0) is 12.7. The third kappa shape index (κ3) is 4.17. The van der Waals surface area contributed by atoms with Crippen molar-refractivity contribution < 1.29 is 14.7 Å². The second kappa shape index (κ2) is 6.55. The lowest BCUT2D eigenvalue weighted by Crippen LogP contribution is -2.16. The number of hydrogen-bond acceptors (Lipinski definition) is 4. The summed E-state index contributed by atoms with van der Waals surface area (Å²) in [7, 11) is 0. The number of hydrogen-bond donors (Lipinski definition) is 2. The standard InChI is InChI=1S/C11H10N2O3S/c12-5-6-17-7-10(14)13-9-4-2-1-3-8(9)11(15)16/h1-4H,6-7H2,(H,13,14)(H,15,16). The molecule has 0 heterocycles. The van der Waals surface area contributed by atoms with Gasteiger partial charge in [0.15, 0.2) is 0 Å². The van der Waals surface area contributed by atoms with Gasteiger partial charge in [0, 0.05) is 0 Å². The number of nitriles is 1. The van der Waals surface area contributed by atoms with E-state index in [1.807, 2.05) is 6.07 Å². The molecule has 17 heavy (non-hydrogen) atoms. The monoisotopic (exact) mass is 250 g/mol. The molecule has 0 radical (unpaired) electrons. The van der Waals surface area contributed by atoms with E-state index < -0.39 is 5.97 Å². The zero-order valence-corrected chi connectivity index (χ0v) is 9.66.